The normalized spacial score (nSPS) is 10.8. The van der Waals surface area contributed by atoms with Crippen LogP contribution in [0.1, 0.15) is 11.4 Å². The summed E-state index contributed by atoms with van der Waals surface area (Å²) in [6.07, 6.45) is 0.947. The minimum Gasteiger partial charge on any atom is -0.355 e. The number of aromatic amines is 1. The lowest BCUT2D eigenvalue weighted by Gasteiger charge is -2.04. The number of carbonyl (C=O) groups excluding carboxylic acids is 1. The Kier molecular flexibility index (Phi) is 4.14. The highest BCUT2D eigenvalue weighted by Crippen LogP contribution is 2.12. The number of hydrogen-bond donors (Lipinski definition) is 2. The van der Waals surface area contributed by atoms with Crippen LogP contribution in [-0.4, -0.2) is 22.4 Å². The SMILES string of the molecule is O=C(Cc1ccccc1)NCCc1nc2ccc(F)cc2[nH]1. The van der Waals surface area contributed by atoms with Gasteiger partial charge in [-0.2, -0.15) is 0 Å². The first-order valence-electron chi connectivity index (χ1n) is 7.15. The third-order valence-electron chi connectivity index (χ3n) is 3.38. The summed E-state index contributed by atoms with van der Waals surface area (Å²) in [5.74, 6) is 0.424. The van der Waals surface area contributed by atoms with Gasteiger partial charge in [-0.25, -0.2) is 9.37 Å². The zero-order valence-electron chi connectivity index (χ0n) is 12.0. The monoisotopic (exact) mass is 297 g/mol. The van der Waals surface area contributed by atoms with Crippen molar-refractivity contribution in [2.24, 2.45) is 0 Å². The minimum absolute atomic E-state index is 0.0200. The molecule has 112 valence electrons. The first kappa shape index (κ1) is 14.3. The molecule has 0 aliphatic carbocycles. The van der Waals surface area contributed by atoms with E-state index in [9.17, 15) is 9.18 Å². The highest BCUT2D eigenvalue weighted by Gasteiger charge is 2.06. The van der Waals surface area contributed by atoms with Crippen molar-refractivity contribution in [2.45, 2.75) is 12.8 Å². The maximum atomic E-state index is 13.1. The molecule has 0 spiro atoms. The van der Waals surface area contributed by atoms with Gasteiger partial charge < -0.3 is 10.3 Å². The van der Waals surface area contributed by atoms with Gasteiger partial charge in [0.25, 0.3) is 0 Å². The highest BCUT2D eigenvalue weighted by molar-refractivity contribution is 5.78. The average Bonchev–Trinajstić information content (AvgIpc) is 2.90. The molecule has 0 fully saturated rings. The summed E-state index contributed by atoms with van der Waals surface area (Å²) in [6.45, 7) is 0.494. The van der Waals surface area contributed by atoms with Crippen LogP contribution >= 0.6 is 0 Å². The lowest BCUT2D eigenvalue weighted by Crippen LogP contribution is -2.27. The second-order valence-electron chi connectivity index (χ2n) is 5.11. The van der Waals surface area contributed by atoms with Crippen LogP contribution in [0.15, 0.2) is 48.5 Å². The number of halogens is 1. The number of H-pyrrole nitrogens is 1. The molecule has 2 aromatic carbocycles. The molecule has 0 unspecified atom stereocenters. The first-order valence-corrected chi connectivity index (χ1v) is 7.15. The van der Waals surface area contributed by atoms with Crippen LogP contribution in [0.5, 0.6) is 0 Å². The van der Waals surface area contributed by atoms with Gasteiger partial charge in [0, 0.05) is 13.0 Å². The standard InChI is InChI=1S/C17H16FN3O/c18-13-6-7-14-15(11-13)21-16(20-14)8-9-19-17(22)10-12-4-2-1-3-5-12/h1-7,11H,8-10H2,(H,19,22)(H,20,21). The Labute approximate surface area is 127 Å². The fraction of sp³-hybridized carbons (Fsp3) is 0.176. The van der Waals surface area contributed by atoms with E-state index in [1.165, 1.54) is 12.1 Å². The number of aromatic nitrogens is 2. The van der Waals surface area contributed by atoms with Crippen molar-refractivity contribution in [2.75, 3.05) is 6.54 Å². The molecule has 0 atom stereocenters. The zero-order valence-corrected chi connectivity index (χ0v) is 12.0. The molecule has 1 aromatic heterocycles. The Morgan fingerprint density at radius 3 is 2.82 bits per heavy atom. The van der Waals surface area contributed by atoms with Crippen molar-refractivity contribution < 1.29 is 9.18 Å². The molecule has 1 heterocycles. The number of fused-ring (bicyclic) bond motifs is 1. The second-order valence-corrected chi connectivity index (χ2v) is 5.11. The van der Waals surface area contributed by atoms with E-state index in [2.05, 4.69) is 15.3 Å². The lowest BCUT2D eigenvalue weighted by atomic mass is 10.1. The van der Waals surface area contributed by atoms with Crippen LogP contribution in [-0.2, 0) is 17.6 Å². The number of imidazole rings is 1. The van der Waals surface area contributed by atoms with Crippen LogP contribution in [0, 0.1) is 5.82 Å². The number of nitrogens with zero attached hydrogens (tertiary/aromatic N) is 1. The Bertz CT molecular complexity index is 783. The molecule has 4 nitrogen and oxygen atoms in total. The molecule has 22 heavy (non-hydrogen) atoms. The van der Waals surface area contributed by atoms with Gasteiger partial charge in [-0.3, -0.25) is 4.79 Å². The van der Waals surface area contributed by atoms with E-state index in [1.54, 1.807) is 6.07 Å². The van der Waals surface area contributed by atoms with Crippen molar-refractivity contribution in [1.29, 1.82) is 0 Å². The molecule has 5 heteroatoms. The number of benzene rings is 2. The van der Waals surface area contributed by atoms with Crippen molar-refractivity contribution in [3.63, 3.8) is 0 Å². The van der Waals surface area contributed by atoms with E-state index in [-0.39, 0.29) is 11.7 Å². The summed E-state index contributed by atoms with van der Waals surface area (Å²) in [5.41, 5.74) is 2.39. The molecule has 0 bridgehead atoms. The molecule has 1 amide bonds. The quantitative estimate of drug-likeness (QED) is 0.760. The molecule has 0 radical (unpaired) electrons. The van der Waals surface area contributed by atoms with Crippen molar-refractivity contribution in [3.05, 3.63) is 65.7 Å². The molecule has 2 N–H and O–H groups in total. The van der Waals surface area contributed by atoms with E-state index < -0.39 is 0 Å². The van der Waals surface area contributed by atoms with E-state index in [0.29, 0.717) is 24.9 Å². The number of carbonyl (C=O) groups is 1. The summed E-state index contributed by atoms with van der Waals surface area (Å²) in [5, 5.41) is 2.86. The van der Waals surface area contributed by atoms with Crippen molar-refractivity contribution in [1.82, 2.24) is 15.3 Å². The van der Waals surface area contributed by atoms with Gasteiger partial charge in [-0.15, -0.1) is 0 Å². The van der Waals surface area contributed by atoms with Crippen molar-refractivity contribution >= 4 is 16.9 Å². The minimum atomic E-state index is -0.293. The van der Waals surface area contributed by atoms with Crippen LogP contribution in [0.3, 0.4) is 0 Å². The van der Waals surface area contributed by atoms with Gasteiger partial charge in [-0.05, 0) is 23.8 Å². The number of hydrogen-bond acceptors (Lipinski definition) is 2. The number of amides is 1. The molecule has 3 aromatic rings. The fourth-order valence-electron chi connectivity index (χ4n) is 2.32. The summed E-state index contributed by atoms with van der Waals surface area (Å²) >= 11 is 0. The Balaban J connectivity index is 1.52. The maximum absolute atomic E-state index is 13.1. The molecule has 0 saturated carbocycles. The van der Waals surface area contributed by atoms with E-state index in [0.717, 1.165) is 16.9 Å². The summed E-state index contributed by atoms with van der Waals surface area (Å²) < 4.78 is 13.1. The molecule has 0 aliphatic heterocycles. The van der Waals surface area contributed by atoms with Gasteiger partial charge in [0.1, 0.15) is 11.6 Å². The Morgan fingerprint density at radius 1 is 1.18 bits per heavy atom. The fourth-order valence-corrected chi connectivity index (χ4v) is 2.32. The maximum Gasteiger partial charge on any atom is 0.224 e. The van der Waals surface area contributed by atoms with E-state index >= 15 is 0 Å². The predicted molar refractivity (Wildman–Crippen MR) is 82.9 cm³/mol. The summed E-state index contributed by atoms with van der Waals surface area (Å²) in [7, 11) is 0. The van der Waals surface area contributed by atoms with E-state index in [4.69, 9.17) is 0 Å². The molecule has 3 rings (SSSR count). The zero-order chi connectivity index (χ0) is 15.4. The number of rotatable bonds is 5. The average molecular weight is 297 g/mol. The topological polar surface area (TPSA) is 57.8 Å². The van der Waals surface area contributed by atoms with Crippen molar-refractivity contribution in [3.8, 4) is 0 Å². The van der Waals surface area contributed by atoms with Gasteiger partial charge in [0.2, 0.25) is 5.91 Å². The smallest absolute Gasteiger partial charge is 0.224 e. The lowest BCUT2D eigenvalue weighted by molar-refractivity contribution is -0.120. The third-order valence-corrected chi connectivity index (χ3v) is 3.38. The molecule has 0 aliphatic rings. The Hall–Kier alpha value is -2.69. The van der Waals surface area contributed by atoms with Crippen LogP contribution in [0.25, 0.3) is 11.0 Å². The molecular weight excluding hydrogens is 281 g/mol. The second kappa shape index (κ2) is 6.39. The predicted octanol–water partition coefficient (Wildman–Crippen LogP) is 2.60. The molecule has 0 saturated heterocycles. The van der Waals surface area contributed by atoms with Gasteiger partial charge in [0.15, 0.2) is 0 Å². The van der Waals surface area contributed by atoms with Crippen LogP contribution in [0.2, 0.25) is 0 Å². The summed E-state index contributed by atoms with van der Waals surface area (Å²) in [6, 6.07) is 14.0. The molecular formula is C17H16FN3O. The largest absolute Gasteiger partial charge is 0.355 e. The third kappa shape index (κ3) is 3.49. The van der Waals surface area contributed by atoms with Gasteiger partial charge in [-0.1, -0.05) is 30.3 Å². The first-order chi connectivity index (χ1) is 10.7. The summed E-state index contributed by atoms with van der Waals surface area (Å²) in [4.78, 5) is 19.2. The van der Waals surface area contributed by atoms with Gasteiger partial charge >= 0.3 is 0 Å². The van der Waals surface area contributed by atoms with Gasteiger partial charge in [0.05, 0.1) is 17.5 Å². The van der Waals surface area contributed by atoms with E-state index in [1.807, 2.05) is 30.3 Å². The highest BCUT2D eigenvalue weighted by atomic mass is 19.1. The number of nitrogens with one attached hydrogen (secondary N) is 2. The van der Waals surface area contributed by atoms with Crippen LogP contribution in [0.4, 0.5) is 4.39 Å². The Morgan fingerprint density at radius 2 is 2.00 bits per heavy atom. The van der Waals surface area contributed by atoms with Crippen LogP contribution < -0.4 is 5.32 Å².